The Morgan fingerprint density at radius 1 is 1.06 bits per heavy atom. The second-order valence-corrected chi connectivity index (χ2v) is 7.69. The third-order valence-corrected chi connectivity index (χ3v) is 5.34. The van der Waals surface area contributed by atoms with Crippen molar-refractivity contribution in [2.24, 2.45) is 5.92 Å². The number of benzene rings is 2. The molecule has 0 atom stereocenters. The summed E-state index contributed by atoms with van der Waals surface area (Å²) in [6, 6.07) is 10.0. The van der Waals surface area contributed by atoms with Gasteiger partial charge in [0.15, 0.2) is 11.5 Å². The molecule has 1 aliphatic rings. The highest BCUT2D eigenvalue weighted by Gasteiger charge is 2.31. The zero-order chi connectivity index (χ0) is 24.1. The van der Waals surface area contributed by atoms with Crippen molar-refractivity contribution in [3.63, 3.8) is 0 Å². The lowest BCUT2D eigenvalue weighted by Gasteiger charge is -2.26. The van der Waals surface area contributed by atoms with E-state index in [2.05, 4.69) is 14.5 Å². The molecule has 4 rings (SSSR count). The van der Waals surface area contributed by atoms with E-state index in [1.165, 1.54) is 36.5 Å². The standard InChI is InChI=1S/C24H21F5N2O3/c25-23(26)33-20-6-2-5-17(22(20)32-15-16-3-1-4-16)7-12-21-30-13-14-31(21)18-8-10-19(11-9-18)34-24(27,28)29/h2,5-14,16,23H,1,3-4,15H2/b12-7+. The molecule has 34 heavy (non-hydrogen) atoms. The van der Waals surface area contributed by atoms with Crippen molar-refractivity contribution in [3.8, 4) is 22.9 Å². The molecule has 1 heterocycles. The molecule has 0 saturated heterocycles. The molecule has 3 aromatic rings. The normalized spacial score (nSPS) is 14.4. The zero-order valence-electron chi connectivity index (χ0n) is 17.8. The maximum atomic E-state index is 12.9. The van der Waals surface area contributed by atoms with Gasteiger partial charge in [-0.2, -0.15) is 8.78 Å². The van der Waals surface area contributed by atoms with Crippen LogP contribution in [0.25, 0.3) is 17.8 Å². The summed E-state index contributed by atoms with van der Waals surface area (Å²) < 4.78 is 79.0. The highest BCUT2D eigenvalue weighted by molar-refractivity contribution is 5.73. The van der Waals surface area contributed by atoms with E-state index < -0.39 is 13.0 Å². The molecule has 10 heteroatoms. The van der Waals surface area contributed by atoms with Crippen LogP contribution in [0.15, 0.2) is 54.9 Å². The second kappa shape index (κ2) is 10.1. The minimum absolute atomic E-state index is 0.0555. The highest BCUT2D eigenvalue weighted by Crippen LogP contribution is 2.36. The van der Waals surface area contributed by atoms with E-state index in [1.807, 2.05) is 0 Å². The molecule has 0 N–H and O–H groups in total. The minimum atomic E-state index is -4.77. The van der Waals surface area contributed by atoms with Gasteiger partial charge < -0.3 is 18.8 Å². The van der Waals surface area contributed by atoms with Crippen molar-refractivity contribution < 1.29 is 36.2 Å². The number of nitrogens with zero attached hydrogens (tertiary/aromatic N) is 2. The lowest BCUT2D eigenvalue weighted by molar-refractivity contribution is -0.274. The van der Waals surface area contributed by atoms with Crippen LogP contribution in [0.2, 0.25) is 0 Å². The van der Waals surface area contributed by atoms with Gasteiger partial charge in [0.25, 0.3) is 0 Å². The van der Waals surface area contributed by atoms with Crippen LogP contribution >= 0.6 is 0 Å². The first-order chi connectivity index (χ1) is 16.3. The molecule has 0 radical (unpaired) electrons. The first-order valence-electron chi connectivity index (χ1n) is 10.6. The Morgan fingerprint density at radius 3 is 2.47 bits per heavy atom. The van der Waals surface area contributed by atoms with Crippen LogP contribution in [0.3, 0.4) is 0 Å². The number of hydrogen-bond acceptors (Lipinski definition) is 4. The first kappa shape index (κ1) is 23.6. The van der Waals surface area contributed by atoms with Crippen LogP contribution in [0.4, 0.5) is 22.0 Å². The van der Waals surface area contributed by atoms with Gasteiger partial charge in [0.1, 0.15) is 11.6 Å². The summed E-state index contributed by atoms with van der Waals surface area (Å²) in [5.41, 5.74) is 1.09. The average Bonchev–Trinajstić information content (AvgIpc) is 3.20. The van der Waals surface area contributed by atoms with Gasteiger partial charge in [-0.05, 0) is 61.2 Å². The molecule has 0 amide bonds. The van der Waals surface area contributed by atoms with Crippen LogP contribution in [-0.4, -0.2) is 29.1 Å². The maximum absolute atomic E-state index is 12.9. The fraction of sp³-hybridized carbons (Fsp3) is 0.292. The summed E-state index contributed by atoms with van der Waals surface area (Å²) in [6.07, 6.45) is 4.91. The number of aromatic nitrogens is 2. The number of alkyl halides is 5. The van der Waals surface area contributed by atoms with Crippen molar-refractivity contribution in [2.45, 2.75) is 32.2 Å². The molecule has 1 fully saturated rings. The topological polar surface area (TPSA) is 45.5 Å². The van der Waals surface area contributed by atoms with E-state index in [9.17, 15) is 22.0 Å². The molecule has 2 aromatic carbocycles. The van der Waals surface area contributed by atoms with Gasteiger partial charge in [0.05, 0.1) is 6.61 Å². The Morgan fingerprint density at radius 2 is 1.82 bits per heavy atom. The highest BCUT2D eigenvalue weighted by atomic mass is 19.4. The Hall–Kier alpha value is -3.56. The summed E-state index contributed by atoms with van der Waals surface area (Å²) in [4.78, 5) is 4.26. The number of halogens is 5. The predicted octanol–water partition coefficient (Wildman–Crippen LogP) is 6.72. The van der Waals surface area contributed by atoms with Crippen LogP contribution in [0.1, 0.15) is 30.7 Å². The van der Waals surface area contributed by atoms with Crippen molar-refractivity contribution in [2.75, 3.05) is 6.61 Å². The van der Waals surface area contributed by atoms with Gasteiger partial charge in [0, 0.05) is 23.6 Å². The number of para-hydroxylation sites is 1. The minimum Gasteiger partial charge on any atom is -0.489 e. The van der Waals surface area contributed by atoms with Crippen LogP contribution in [0.5, 0.6) is 17.2 Å². The average molecular weight is 480 g/mol. The molecule has 1 aliphatic carbocycles. The van der Waals surface area contributed by atoms with E-state index in [-0.39, 0.29) is 17.2 Å². The number of hydrogen-bond donors (Lipinski definition) is 0. The smallest absolute Gasteiger partial charge is 0.489 e. The third-order valence-electron chi connectivity index (χ3n) is 5.34. The van der Waals surface area contributed by atoms with Crippen LogP contribution in [0, 0.1) is 5.92 Å². The molecular formula is C24H21F5N2O3. The Bertz CT molecular complexity index is 1120. The predicted molar refractivity (Wildman–Crippen MR) is 115 cm³/mol. The fourth-order valence-electron chi connectivity index (χ4n) is 3.50. The van der Waals surface area contributed by atoms with Gasteiger partial charge in [-0.3, -0.25) is 0 Å². The summed E-state index contributed by atoms with van der Waals surface area (Å²) in [5.74, 6) is 0.685. The van der Waals surface area contributed by atoms with E-state index in [4.69, 9.17) is 4.74 Å². The number of imidazole rings is 1. The molecule has 0 spiro atoms. The van der Waals surface area contributed by atoms with Gasteiger partial charge >= 0.3 is 13.0 Å². The summed E-state index contributed by atoms with van der Waals surface area (Å²) in [7, 11) is 0. The van der Waals surface area contributed by atoms with Gasteiger partial charge in [0.2, 0.25) is 0 Å². The van der Waals surface area contributed by atoms with E-state index >= 15 is 0 Å². The van der Waals surface area contributed by atoms with Crippen molar-refractivity contribution >= 4 is 12.2 Å². The number of ether oxygens (including phenoxy) is 3. The molecular weight excluding hydrogens is 459 g/mol. The fourth-order valence-corrected chi connectivity index (χ4v) is 3.50. The SMILES string of the molecule is FC(F)Oc1cccc(/C=C/c2nccn2-c2ccc(OC(F)(F)F)cc2)c1OCC1CCC1. The third kappa shape index (κ3) is 6.06. The Labute approximate surface area is 192 Å². The summed E-state index contributed by atoms with van der Waals surface area (Å²) in [5, 5.41) is 0. The summed E-state index contributed by atoms with van der Waals surface area (Å²) >= 11 is 0. The molecule has 0 aliphatic heterocycles. The van der Waals surface area contributed by atoms with Gasteiger partial charge in [-0.25, -0.2) is 4.98 Å². The molecule has 1 aromatic heterocycles. The number of rotatable bonds is 9. The van der Waals surface area contributed by atoms with Crippen LogP contribution in [-0.2, 0) is 0 Å². The lowest BCUT2D eigenvalue weighted by atomic mass is 9.86. The molecule has 0 bridgehead atoms. The van der Waals surface area contributed by atoms with Crippen molar-refractivity contribution in [3.05, 3.63) is 66.2 Å². The largest absolute Gasteiger partial charge is 0.573 e. The van der Waals surface area contributed by atoms with Crippen molar-refractivity contribution in [1.82, 2.24) is 9.55 Å². The Kier molecular flexibility index (Phi) is 7.04. The summed E-state index contributed by atoms with van der Waals surface area (Å²) in [6.45, 7) is -2.58. The van der Waals surface area contributed by atoms with E-state index in [1.54, 1.807) is 35.0 Å². The maximum Gasteiger partial charge on any atom is 0.573 e. The molecule has 180 valence electrons. The van der Waals surface area contributed by atoms with Gasteiger partial charge in [-0.1, -0.05) is 18.6 Å². The van der Waals surface area contributed by atoms with Crippen molar-refractivity contribution in [1.29, 1.82) is 0 Å². The monoisotopic (exact) mass is 480 g/mol. The van der Waals surface area contributed by atoms with E-state index in [0.29, 0.717) is 29.6 Å². The quantitative estimate of drug-likeness (QED) is 0.319. The lowest BCUT2D eigenvalue weighted by Crippen LogP contribution is -2.20. The second-order valence-electron chi connectivity index (χ2n) is 7.69. The molecule has 0 unspecified atom stereocenters. The van der Waals surface area contributed by atoms with E-state index in [0.717, 1.165) is 19.3 Å². The molecule has 1 saturated carbocycles. The molecule has 5 nitrogen and oxygen atoms in total. The zero-order valence-corrected chi connectivity index (χ0v) is 17.8. The first-order valence-corrected chi connectivity index (χ1v) is 10.6. The Balaban J connectivity index is 1.56. The van der Waals surface area contributed by atoms with Crippen LogP contribution < -0.4 is 14.2 Å². The van der Waals surface area contributed by atoms with Gasteiger partial charge in [-0.15, -0.1) is 13.2 Å².